The van der Waals surface area contributed by atoms with Crippen LogP contribution in [-0.2, 0) is 0 Å². The molecule has 0 fully saturated rings. The largest absolute Gasteiger partial charge is 0.202 e. The molecule has 0 unspecified atom stereocenters. The molecule has 0 heterocycles. The molecule has 0 nitrogen and oxygen atoms in total. The summed E-state index contributed by atoms with van der Waals surface area (Å²) in [5, 5.41) is 0. The summed E-state index contributed by atoms with van der Waals surface area (Å²) in [6.45, 7) is 0. The first-order chi connectivity index (χ1) is 8.04. The van der Waals surface area contributed by atoms with Crippen molar-refractivity contribution in [1.82, 2.24) is 0 Å². The van der Waals surface area contributed by atoms with Crippen LogP contribution < -0.4 is 0 Å². The lowest BCUT2D eigenvalue weighted by molar-refractivity contribution is 0.441. The van der Waals surface area contributed by atoms with Crippen molar-refractivity contribution in [2.24, 2.45) is 0 Å². The zero-order valence-electron chi connectivity index (χ0n) is 8.28. The van der Waals surface area contributed by atoms with Gasteiger partial charge in [0.05, 0.1) is 7.14 Å². The molecule has 0 amide bonds. The van der Waals surface area contributed by atoms with Crippen LogP contribution in [-0.4, -0.2) is 0 Å². The van der Waals surface area contributed by atoms with E-state index in [0.29, 0.717) is 11.1 Å². The van der Waals surface area contributed by atoms with Crippen LogP contribution in [0.2, 0.25) is 0 Å². The van der Waals surface area contributed by atoms with Crippen molar-refractivity contribution in [2.75, 3.05) is 0 Å². The van der Waals surface area contributed by atoms with E-state index in [0.717, 1.165) is 0 Å². The Labute approximate surface area is 124 Å². The second-order valence-electron chi connectivity index (χ2n) is 3.31. The molecular formula is C12H5F3I2. The Morgan fingerprint density at radius 3 is 1.65 bits per heavy atom. The summed E-state index contributed by atoms with van der Waals surface area (Å²) in [6.07, 6.45) is 0. The first-order valence-corrected chi connectivity index (χ1v) is 6.76. The van der Waals surface area contributed by atoms with E-state index in [1.54, 1.807) is 75.5 Å². The molecule has 0 spiro atoms. The van der Waals surface area contributed by atoms with Crippen LogP contribution in [0, 0.1) is 24.6 Å². The Bertz CT molecular complexity index is 539. The number of hydrogen-bond donors (Lipinski definition) is 0. The Hall–Kier alpha value is -0.310. The van der Waals surface area contributed by atoms with Crippen molar-refractivity contribution in [3.8, 4) is 11.1 Å². The molecule has 0 saturated carbocycles. The van der Waals surface area contributed by atoms with Gasteiger partial charge in [0.15, 0.2) is 17.5 Å². The first-order valence-electron chi connectivity index (χ1n) is 4.61. The van der Waals surface area contributed by atoms with Gasteiger partial charge in [-0.3, -0.25) is 0 Å². The lowest BCUT2D eigenvalue weighted by Crippen LogP contribution is -2.02. The van der Waals surface area contributed by atoms with Crippen LogP contribution in [0.25, 0.3) is 11.1 Å². The molecule has 17 heavy (non-hydrogen) atoms. The van der Waals surface area contributed by atoms with Crippen LogP contribution in [0.1, 0.15) is 0 Å². The van der Waals surface area contributed by atoms with E-state index in [1.807, 2.05) is 0 Å². The van der Waals surface area contributed by atoms with Crippen molar-refractivity contribution in [1.29, 1.82) is 0 Å². The van der Waals surface area contributed by atoms with E-state index >= 15 is 0 Å². The van der Waals surface area contributed by atoms with Gasteiger partial charge >= 0.3 is 0 Å². The number of hydrogen-bond acceptors (Lipinski definition) is 0. The van der Waals surface area contributed by atoms with Gasteiger partial charge in [-0.2, -0.15) is 0 Å². The molecule has 0 bridgehead atoms. The third kappa shape index (κ3) is 2.31. The molecule has 0 aliphatic rings. The highest BCUT2D eigenvalue weighted by Gasteiger charge is 2.22. The Morgan fingerprint density at radius 1 is 0.706 bits per heavy atom. The van der Waals surface area contributed by atoms with E-state index in [9.17, 15) is 13.2 Å². The van der Waals surface area contributed by atoms with Gasteiger partial charge in [-0.05, 0) is 50.7 Å². The molecule has 0 atom stereocenters. The maximum absolute atomic E-state index is 13.5. The van der Waals surface area contributed by atoms with Gasteiger partial charge in [-0.15, -0.1) is 0 Å². The number of benzene rings is 2. The van der Waals surface area contributed by atoms with Gasteiger partial charge in [0.1, 0.15) is 0 Å². The third-order valence-electron chi connectivity index (χ3n) is 2.27. The van der Waals surface area contributed by atoms with Crippen molar-refractivity contribution in [3.63, 3.8) is 0 Å². The second-order valence-corrected chi connectivity index (χ2v) is 5.47. The summed E-state index contributed by atoms with van der Waals surface area (Å²) in [4.78, 5) is 0. The normalized spacial score (nSPS) is 10.6. The SMILES string of the molecule is Fc1c(F)c(I)c(-c2ccccc2)c(I)c1F. The van der Waals surface area contributed by atoms with Crippen LogP contribution in [0.4, 0.5) is 13.2 Å². The third-order valence-corrected chi connectivity index (χ3v) is 4.30. The smallest absolute Gasteiger partial charge is 0.196 e. The molecule has 0 saturated heterocycles. The fraction of sp³-hybridized carbons (Fsp3) is 0. The molecule has 0 N–H and O–H groups in total. The van der Waals surface area contributed by atoms with E-state index in [4.69, 9.17) is 0 Å². The van der Waals surface area contributed by atoms with E-state index in [1.165, 1.54) is 0 Å². The van der Waals surface area contributed by atoms with Gasteiger partial charge < -0.3 is 0 Å². The van der Waals surface area contributed by atoms with Crippen molar-refractivity contribution < 1.29 is 13.2 Å². The molecule has 2 aromatic carbocycles. The summed E-state index contributed by atoms with van der Waals surface area (Å²) in [5.41, 5.74) is 1.06. The summed E-state index contributed by atoms with van der Waals surface area (Å²) < 4.78 is 40.4. The van der Waals surface area contributed by atoms with Gasteiger partial charge in [0.2, 0.25) is 0 Å². The maximum atomic E-state index is 13.5. The average molecular weight is 460 g/mol. The summed E-state index contributed by atoms with van der Waals surface area (Å²) in [6, 6.07) is 8.80. The van der Waals surface area contributed by atoms with E-state index < -0.39 is 17.5 Å². The van der Waals surface area contributed by atoms with Gasteiger partial charge in [-0.1, -0.05) is 30.3 Å². The minimum absolute atomic E-state index is 0.0945. The molecule has 0 aliphatic heterocycles. The minimum atomic E-state index is -1.42. The van der Waals surface area contributed by atoms with Crippen LogP contribution in [0.3, 0.4) is 0 Å². The molecule has 5 heteroatoms. The molecule has 2 rings (SSSR count). The maximum Gasteiger partial charge on any atom is 0.196 e. The monoisotopic (exact) mass is 460 g/mol. The highest BCUT2D eigenvalue weighted by atomic mass is 127. The fourth-order valence-corrected chi connectivity index (χ4v) is 3.61. The lowest BCUT2D eigenvalue weighted by Gasteiger charge is -2.10. The molecular weight excluding hydrogens is 455 g/mol. The van der Waals surface area contributed by atoms with Crippen molar-refractivity contribution in [3.05, 3.63) is 54.9 Å². The van der Waals surface area contributed by atoms with Gasteiger partial charge in [0, 0.05) is 5.56 Å². The first kappa shape index (κ1) is 13.1. The second kappa shape index (κ2) is 5.13. The summed E-state index contributed by atoms with van der Waals surface area (Å²) >= 11 is 3.38. The van der Waals surface area contributed by atoms with Crippen LogP contribution >= 0.6 is 45.2 Å². The van der Waals surface area contributed by atoms with Crippen molar-refractivity contribution >= 4 is 45.2 Å². The number of rotatable bonds is 1. The Morgan fingerprint density at radius 2 is 1.18 bits per heavy atom. The highest BCUT2D eigenvalue weighted by Crippen LogP contribution is 2.35. The predicted molar refractivity (Wildman–Crippen MR) is 77.2 cm³/mol. The minimum Gasteiger partial charge on any atom is -0.202 e. The summed E-state index contributed by atoms with van der Waals surface area (Å²) in [7, 11) is 0. The topological polar surface area (TPSA) is 0 Å². The van der Waals surface area contributed by atoms with Gasteiger partial charge in [0.25, 0.3) is 0 Å². The molecule has 0 aliphatic carbocycles. The summed E-state index contributed by atoms with van der Waals surface area (Å²) in [5.74, 6) is -3.69. The number of halogens is 5. The zero-order chi connectivity index (χ0) is 12.6. The average Bonchev–Trinajstić information content (AvgIpc) is 2.36. The van der Waals surface area contributed by atoms with Crippen molar-refractivity contribution in [2.45, 2.75) is 0 Å². The zero-order valence-corrected chi connectivity index (χ0v) is 12.6. The molecule has 0 radical (unpaired) electrons. The van der Waals surface area contributed by atoms with E-state index in [-0.39, 0.29) is 7.14 Å². The van der Waals surface area contributed by atoms with Crippen LogP contribution in [0.5, 0.6) is 0 Å². The molecule has 2 aromatic rings. The molecule has 0 aromatic heterocycles. The van der Waals surface area contributed by atoms with Gasteiger partial charge in [-0.25, -0.2) is 13.2 Å². The fourth-order valence-electron chi connectivity index (χ4n) is 1.46. The highest BCUT2D eigenvalue weighted by molar-refractivity contribution is 14.1. The quantitative estimate of drug-likeness (QED) is 0.320. The van der Waals surface area contributed by atoms with E-state index in [2.05, 4.69) is 0 Å². The molecule has 88 valence electrons. The lowest BCUT2D eigenvalue weighted by atomic mass is 10.1. The Balaban J connectivity index is 2.80. The van der Waals surface area contributed by atoms with Crippen LogP contribution in [0.15, 0.2) is 30.3 Å². The predicted octanol–water partition coefficient (Wildman–Crippen LogP) is 4.98. The standard InChI is InChI=1S/C12H5F3I2/c13-8-9(14)11(16)7(12(17)10(8)15)6-4-2-1-3-5-6/h1-5H. The Kier molecular flexibility index (Phi) is 3.96.